The van der Waals surface area contributed by atoms with Gasteiger partial charge >= 0.3 is 5.97 Å². The molecule has 5 rings (SSSR count). The van der Waals surface area contributed by atoms with Gasteiger partial charge in [-0.05, 0) is 41.6 Å². The van der Waals surface area contributed by atoms with Gasteiger partial charge in [-0.15, -0.1) is 11.3 Å². The fraction of sp³-hybridized carbons (Fsp3) is 0.185. The molecule has 0 bridgehead atoms. The van der Waals surface area contributed by atoms with E-state index in [1.165, 1.54) is 16.3 Å². The number of hydrazone groups is 1. The Morgan fingerprint density at radius 1 is 1.08 bits per heavy atom. The largest absolute Gasteiger partial charge is 0.481 e. The third-order valence-corrected chi connectivity index (χ3v) is 7.35. The molecule has 2 aromatic heterocycles. The van der Waals surface area contributed by atoms with Gasteiger partial charge in [-0.2, -0.15) is 5.10 Å². The molecule has 1 aliphatic rings. The van der Waals surface area contributed by atoms with Crippen molar-refractivity contribution in [2.24, 2.45) is 5.10 Å². The number of rotatable bonds is 7. The number of aliphatic carboxylic acids is 1. The lowest BCUT2D eigenvalue weighted by Crippen LogP contribution is -2.26. The molecule has 2 aromatic carbocycles. The molecular formula is C27H22ClN3O4S. The predicted octanol–water partition coefficient (Wildman–Crippen LogP) is 5.84. The van der Waals surface area contributed by atoms with Crippen LogP contribution in [0.25, 0.3) is 22.0 Å². The van der Waals surface area contributed by atoms with Crippen LogP contribution in [-0.2, 0) is 9.59 Å². The van der Waals surface area contributed by atoms with E-state index in [2.05, 4.69) is 10.1 Å². The minimum Gasteiger partial charge on any atom is -0.481 e. The molecule has 0 unspecified atom stereocenters. The number of nitrogens with one attached hydrogen (secondary N) is 1. The highest BCUT2D eigenvalue weighted by atomic mass is 35.5. The summed E-state index contributed by atoms with van der Waals surface area (Å²) in [6.45, 7) is 0. The number of aromatic nitrogens is 1. The molecule has 0 fully saturated rings. The quantitative estimate of drug-likeness (QED) is 0.320. The van der Waals surface area contributed by atoms with E-state index in [4.69, 9.17) is 16.7 Å². The summed E-state index contributed by atoms with van der Waals surface area (Å²) >= 11 is 7.85. The molecule has 0 radical (unpaired) electrons. The number of fused-ring (bicyclic) bond motifs is 1. The number of aromatic amines is 1. The molecule has 1 atom stereocenters. The number of hydrogen-bond acceptors (Lipinski definition) is 5. The van der Waals surface area contributed by atoms with Crippen LogP contribution < -0.4 is 5.56 Å². The highest BCUT2D eigenvalue weighted by Crippen LogP contribution is 2.38. The van der Waals surface area contributed by atoms with Crippen LogP contribution in [0.1, 0.15) is 42.2 Å². The Kier molecular flexibility index (Phi) is 6.71. The molecule has 1 aliphatic heterocycles. The van der Waals surface area contributed by atoms with Gasteiger partial charge in [0.05, 0.1) is 17.3 Å². The smallest absolute Gasteiger partial charge is 0.303 e. The fourth-order valence-electron chi connectivity index (χ4n) is 4.54. The van der Waals surface area contributed by atoms with Crippen molar-refractivity contribution in [3.63, 3.8) is 0 Å². The van der Waals surface area contributed by atoms with Crippen LogP contribution >= 0.6 is 22.9 Å². The molecule has 2 N–H and O–H groups in total. The highest BCUT2D eigenvalue weighted by Gasteiger charge is 2.35. The normalized spacial score (nSPS) is 15.3. The van der Waals surface area contributed by atoms with Crippen molar-refractivity contribution in [1.82, 2.24) is 9.99 Å². The Morgan fingerprint density at radius 3 is 2.61 bits per heavy atom. The van der Waals surface area contributed by atoms with Crippen LogP contribution in [0, 0.1) is 0 Å². The maximum absolute atomic E-state index is 13.5. The van der Waals surface area contributed by atoms with Gasteiger partial charge in [0.2, 0.25) is 5.91 Å². The van der Waals surface area contributed by atoms with Crippen LogP contribution in [0.4, 0.5) is 0 Å². The SMILES string of the molecule is O=C(O)CCCC(=O)N1N=C(c2c(-c3ccccc3)c3cc(Cl)ccc3[nH]c2=O)C[C@@H]1c1cccs1. The number of hydrogen-bond donors (Lipinski definition) is 2. The van der Waals surface area contributed by atoms with E-state index in [9.17, 15) is 14.4 Å². The topological polar surface area (TPSA) is 103 Å². The summed E-state index contributed by atoms with van der Waals surface area (Å²) in [7, 11) is 0. The Morgan fingerprint density at radius 2 is 1.89 bits per heavy atom. The first-order chi connectivity index (χ1) is 17.4. The van der Waals surface area contributed by atoms with Crippen molar-refractivity contribution in [1.29, 1.82) is 0 Å². The Balaban J connectivity index is 1.65. The van der Waals surface area contributed by atoms with E-state index in [0.717, 1.165) is 15.8 Å². The Labute approximate surface area is 215 Å². The number of halogens is 1. The van der Waals surface area contributed by atoms with E-state index >= 15 is 0 Å². The lowest BCUT2D eigenvalue weighted by atomic mass is 9.92. The van der Waals surface area contributed by atoms with Gasteiger partial charge in [-0.25, -0.2) is 5.01 Å². The van der Waals surface area contributed by atoms with Crippen LogP contribution in [0.3, 0.4) is 0 Å². The van der Waals surface area contributed by atoms with Gasteiger partial charge in [-0.1, -0.05) is 48.0 Å². The van der Waals surface area contributed by atoms with Crippen molar-refractivity contribution < 1.29 is 14.7 Å². The maximum atomic E-state index is 13.5. The molecule has 3 heterocycles. The first-order valence-corrected chi connectivity index (χ1v) is 12.7. The number of pyridine rings is 1. The third kappa shape index (κ3) is 4.69. The number of amides is 1. The number of thiophene rings is 1. The van der Waals surface area contributed by atoms with Crippen molar-refractivity contribution in [3.05, 3.63) is 91.9 Å². The number of carboxylic acid groups (broad SMARTS) is 1. The zero-order valence-corrected chi connectivity index (χ0v) is 20.7. The van der Waals surface area contributed by atoms with Crippen LogP contribution in [-0.4, -0.2) is 32.7 Å². The summed E-state index contributed by atoms with van der Waals surface area (Å²) in [5, 5.41) is 18.3. The average Bonchev–Trinajstić information content (AvgIpc) is 3.54. The summed E-state index contributed by atoms with van der Waals surface area (Å²) < 4.78 is 0. The van der Waals surface area contributed by atoms with Crippen molar-refractivity contribution >= 4 is 51.4 Å². The van der Waals surface area contributed by atoms with Crippen molar-refractivity contribution in [2.75, 3.05) is 0 Å². The summed E-state index contributed by atoms with van der Waals surface area (Å²) in [6, 6.07) is 18.4. The number of carboxylic acids is 1. The van der Waals surface area contributed by atoms with Crippen molar-refractivity contribution in [2.45, 2.75) is 31.7 Å². The first-order valence-electron chi connectivity index (χ1n) is 11.5. The maximum Gasteiger partial charge on any atom is 0.303 e. The van der Waals surface area contributed by atoms with Crippen LogP contribution in [0.2, 0.25) is 5.02 Å². The molecule has 9 heteroatoms. The number of carbonyl (C=O) groups is 2. The molecule has 0 saturated heterocycles. The second kappa shape index (κ2) is 10.1. The molecular weight excluding hydrogens is 498 g/mol. The summed E-state index contributed by atoms with van der Waals surface area (Å²) in [5.41, 5.74) is 2.81. The molecule has 36 heavy (non-hydrogen) atoms. The van der Waals surface area contributed by atoms with E-state index in [-0.39, 0.29) is 36.8 Å². The number of benzene rings is 2. The molecule has 4 aromatic rings. The highest BCUT2D eigenvalue weighted by molar-refractivity contribution is 7.10. The first kappa shape index (κ1) is 24.0. The lowest BCUT2D eigenvalue weighted by Gasteiger charge is -2.20. The summed E-state index contributed by atoms with van der Waals surface area (Å²) in [4.78, 5) is 41.4. The molecule has 0 aliphatic carbocycles. The zero-order valence-electron chi connectivity index (χ0n) is 19.1. The van der Waals surface area contributed by atoms with E-state index < -0.39 is 5.97 Å². The monoisotopic (exact) mass is 519 g/mol. The fourth-order valence-corrected chi connectivity index (χ4v) is 5.53. The van der Waals surface area contributed by atoms with Crippen LogP contribution in [0.5, 0.6) is 0 Å². The summed E-state index contributed by atoms with van der Waals surface area (Å²) in [5.74, 6) is -1.22. The van der Waals surface area contributed by atoms with E-state index in [0.29, 0.717) is 33.8 Å². The summed E-state index contributed by atoms with van der Waals surface area (Å²) in [6.07, 6.45) is 0.542. The molecule has 182 valence electrons. The third-order valence-electron chi connectivity index (χ3n) is 6.15. The van der Waals surface area contributed by atoms with Gasteiger partial charge in [0.15, 0.2) is 0 Å². The van der Waals surface area contributed by atoms with E-state index in [1.807, 2.05) is 53.9 Å². The second-order valence-corrected chi connectivity index (χ2v) is 9.94. The predicted molar refractivity (Wildman–Crippen MR) is 142 cm³/mol. The minimum atomic E-state index is -0.947. The standard InChI is InChI=1S/C27H22ClN3O4S/c28-17-11-12-19-18(14-17)25(16-6-2-1-3-7-16)26(27(35)29-19)20-15-21(22-8-5-13-36-22)31(30-20)23(32)9-4-10-24(33)34/h1-3,5-8,11-14,21H,4,9-10,15H2,(H,29,35)(H,33,34)/t21-/m1/s1. The van der Waals surface area contributed by atoms with Crippen LogP contribution in [0.15, 0.2) is 75.9 Å². The lowest BCUT2D eigenvalue weighted by molar-refractivity contribution is -0.137. The van der Waals surface area contributed by atoms with E-state index in [1.54, 1.807) is 12.1 Å². The van der Waals surface area contributed by atoms with Gasteiger partial charge in [0, 0.05) is 45.6 Å². The number of nitrogens with zero attached hydrogens (tertiary/aromatic N) is 2. The van der Waals surface area contributed by atoms with Gasteiger partial charge < -0.3 is 10.1 Å². The second-order valence-electron chi connectivity index (χ2n) is 8.53. The molecule has 0 spiro atoms. The average molecular weight is 520 g/mol. The van der Waals surface area contributed by atoms with Gasteiger partial charge in [-0.3, -0.25) is 14.4 Å². The minimum absolute atomic E-state index is 0.0557. The molecule has 7 nitrogen and oxygen atoms in total. The molecule has 1 amide bonds. The van der Waals surface area contributed by atoms with Crippen molar-refractivity contribution in [3.8, 4) is 11.1 Å². The Hall–Kier alpha value is -3.75. The van der Waals surface area contributed by atoms with Gasteiger partial charge in [0.1, 0.15) is 0 Å². The van der Waals surface area contributed by atoms with Gasteiger partial charge in [0.25, 0.3) is 5.56 Å². The Bertz CT molecular complexity index is 1530. The number of H-pyrrole nitrogens is 1. The number of carbonyl (C=O) groups excluding carboxylic acids is 1. The molecule has 0 saturated carbocycles. The zero-order chi connectivity index (χ0) is 25.2.